The Morgan fingerprint density at radius 2 is 1.64 bits per heavy atom. The predicted molar refractivity (Wildman–Crippen MR) is 99.9 cm³/mol. The van der Waals surface area contributed by atoms with Crippen molar-refractivity contribution in [1.29, 1.82) is 0 Å². The van der Waals surface area contributed by atoms with Crippen molar-refractivity contribution < 1.29 is 14.3 Å². The van der Waals surface area contributed by atoms with Crippen molar-refractivity contribution in [1.82, 2.24) is 0 Å². The van der Waals surface area contributed by atoms with Crippen LogP contribution in [0.25, 0.3) is 0 Å². The normalized spacial score (nSPS) is 10.9. The molecule has 1 N–H and O–H groups in total. The molecule has 0 heterocycles. The highest BCUT2D eigenvalue weighted by Crippen LogP contribution is 2.25. The van der Waals surface area contributed by atoms with E-state index < -0.39 is 5.41 Å². The first-order valence-electron chi connectivity index (χ1n) is 8.23. The summed E-state index contributed by atoms with van der Waals surface area (Å²) in [6.45, 7) is 5.74. The fourth-order valence-corrected chi connectivity index (χ4v) is 2.37. The molecule has 2 aromatic carbocycles. The van der Waals surface area contributed by atoms with Crippen molar-refractivity contribution >= 4 is 23.2 Å². The Kier molecular flexibility index (Phi) is 5.80. The monoisotopic (exact) mass is 340 g/mol. The molecule has 0 unspecified atom stereocenters. The lowest BCUT2D eigenvalue weighted by atomic mass is 9.90. The lowest BCUT2D eigenvalue weighted by Crippen LogP contribution is -2.46. The first-order valence-corrected chi connectivity index (χ1v) is 8.23. The highest BCUT2D eigenvalue weighted by Gasteiger charge is 2.38. The van der Waals surface area contributed by atoms with Gasteiger partial charge in [-0.15, -0.1) is 0 Å². The van der Waals surface area contributed by atoms with E-state index in [-0.39, 0.29) is 11.8 Å². The molecule has 0 saturated carbocycles. The van der Waals surface area contributed by atoms with Gasteiger partial charge in [-0.1, -0.05) is 18.2 Å². The second-order valence-corrected chi connectivity index (χ2v) is 6.24. The standard InChI is InChI=1S/C20H24N2O3/c1-5-25-17-13-11-15(12-14-17)21-18(23)20(2,3)19(24)22(4)16-9-7-6-8-10-16/h6-14H,5H2,1-4H3,(H,21,23). The van der Waals surface area contributed by atoms with E-state index in [1.54, 1.807) is 45.2 Å². The summed E-state index contributed by atoms with van der Waals surface area (Å²) < 4.78 is 5.38. The molecule has 5 nitrogen and oxygen atoms in total. The van der Waals surface area contributed by atoms with Crippen molar-refractivity contribution in [2.45, 2.75) is 20.8 Å². The Balaban J connectivity index is 2.09. The molecule has 0 fully saturated rings. The number of nitrogens with zero attached hydrogens (tertiary/aromatic N) is 1. The third-order valence-electron chi connectivity index (χ3n) is 3.97. The van der Waals surface area contributed by atoms with Gasteiger partial charge in [0.15, 0.2) is 0 Å². The number of carbonyl (C=O) groups is 2. The first kappa shape index (κ1) is 18.5. The molecule has 2 amide bonds. The van der Waals surface area contributed by atoms with Crippen molar-refractivity contribution in [3.63, 3.8) is 0 Å². The highest BCUT2D eigenvalue weighted by atomic mass is 16.5. The number of carbonyl (C=O) groups excluding carboxylic acids is 2. The van der Waals surface area contributed by atoms with Crippen LogP contribution in [0.15, 0.2) is 54.6 Å². The predicted octanol–water partition coefficient (Wildman–Crippen LogP) is 3.71. The van der Waals surface area contributed by atoms with Crippen LogP contribution in [0, 0.1) is 5.41 Å². The number of rotatable bonds is 6. The highest BCUT2D eigenvalue weighted by molar-refractivity contribution is 6.14. The summed E-state index contributed by atoms with van der Waals surface area (Å²) in [4.78, 5) is 26.9. The van der Waals surface area contributed by atoms with Gasteiger partial charge in [0.1, 0.15) is 11.2 Å². The number of anilines is 2. The summed E-state index contributed by atoms with van der Waals surface area (Å²) in [6.07, 6.45) is 0. The van der Waals surface area contributed by atoms with Gasteiger partial charge in [0.25, 0.3) is 0 Å². The fourth-order valence-electron chi connectivity index (χ4n) is 2.37. The van der Waals surface area contributed by atoms with Crippen LogP contribution in [-0.4, -0.2) is 25.5 Å². The van der Waals surface area contributed by atoms with E-state index >= 15 is 0 Å². The van der Waals surface area contributed by atoms with Gasteiger partial charge in [-0.3, -0.25) is 9.59 Å². The molecule has 0 spiro atoms. The van der Waals surface area contributed by atoms with Gasteiger partial charge in [0.05, 0.1) is 6.61 Å². The van der Waals surface area contributed by atoms with Gasteiger partial charge in [0.2, 0.25) is 11.8 Å². The number of para-hydroxylation sites is 1. The largest absolute Gasteiger partial charge is 0.494 e. The van der Waals surface area contributed by atoms with Gasteiger partial charge in [-0.05, 0) is 57.2 Å². The topological polar surface area (TPSA) is 58.6 Å². The van der Waals surface area contributed by atoms with Crippen molar-refractivity contribution in [3.8, 4) is 5.75 Å². The van der Waals surface area contributed by atoms with Crippen LogP contribution in [0.5, 0.6) is 5.75 Å². The number of ether oxygens (including phenoxy) is 1. The lowest BCUT2D eigenvalue weighted by molar-refractivity contribution is -0.136. The maximum atomic E-state index is 12.8. The Hall–Kier alpha value is -2.82. The summed E-state index contributed by atoms with van der Waals surface area (Å²) in [5.74, 6) is 0.103. The Labute approximate surface area is 148 Å². The first-order chi connectivity index (χ1) is 11.9. The molecule has 0 atom stereocenters. The van der Waals surface area contributed by atoms with E-state index in [4.69, 9.17) is 4.74 Å². The summed E-state index contributed by atoms with van der Waals surface area (Å²) >= 11 is 0. The number of hydrogen-bond acceptors (Lipinski definition) is 3. The molecule has 0 radical (unpaired) electrons. The molecular weight excluding hydrogens is 316 g/mol. The summed E-state index contributed by atoms with van der Waals surface area (Å²) in [5, 5.41) is 2.80. The molecule has 0 bridgehead atoms. The van der Waals surface area contributed by atoms with E-state index in [9.17, 15) is 9.59 Å². The number of amides is 2. The molecule has 0 aromatic heterocycles. The molecule has 0 aliphatic heterocycles. The summed E-state index contributed by atoms with van der Waals surface area (Å²) in [7, 11) is 1.67. The van der Waals surface area contributed by atoms with Gasteiger partial charge in [0, 0.05) is 18.4 Å². The maximum absolute atomic E-state index is 12.8. The maximum Gasteiger partial charge on any atom is 0.241 e. The van der Waals surface area contributed by atoms with Crippen LogP contribution >= 0.6 is 0 Å². The minimum absolute atomic E-state index is 0.276. The van der Waals surface area contributed by atoms with Gasteiger partial charge in [-0.2, -0.15) is 0 Å². The molecule has 25 heavy (non-hydrogen) atoms. The number of benzene rings is 2. The molecule has 2 aromatic rings. The zero-order valence-electron chi connectivity index (χ0n) is 15.1. The van der Waals surface area contributed by atoms with Gasteiger partial charge in [-0.25, -0.2) is 0 Å². The average Bonchev–Trinajstić information content (AvgIpc) is 2.63. The Bertz CT molecular complexity index is 724. The summed E-state index contributed by atoms with van der Waals surface area (Å²) in [5.41, 5.74) is 0.162. The van der Waals surface area contributed by atoms with E-state index in [1.807, 2.05) is 37.3 Å². The SMILES string of the molecule is CCOc1ccc(NC(=O)C(C)(C)C(=O)N(C)c2ccccc2)cc1. The van der Waals surface area contributed by atoms with E-state index in [1.165, 1.54) is 4.90 Å². The van der Waals surface area contributed by atoms with Crippen LogP contribution in [0.3, 0.4) is 0 Å². The van der Waals surface area contributed by atoms with Crippen LogP contribution in [0.1, 0.15) is 20.8 Å². The van der Waals surface area contributed by atoms with Crippen molar-refractivity contribution in [2.24, 2.45) is 5.41 Å². The fraction of sp³-hybridized carbons (Fsp3) is 0.300. The van der Waals surface area contributed by atoms with Crippen LogP contribution in [-0.2, 0) is 9.59 Å². The van der Waals surface area contributed by atoms with Gasteiger partial charge >= 0.3 is 0 Å². The van der Waals surface area contributed by atoms with Crippen LogP contribution in [0.4, 0.5) is 11.4 Å². The third-order valence-corrected chi connectivity index (χ3v) is 3.97. The molecule has 5 heteroatoms. The Morgan fingerprint density at radius 3 is 2.20 bits per heavy atom. The van der Waals surface area contributed by atoms with E-state index in [2.05, 4.69) is 5.32 Å². The van der Waals surface area contributed by atoms with Crippen molar-refractivity contribution in [3.05, 3.63) is 54.6 Å². The van der Waals surface area contributed by atoms with Crippen molar-refractivity contribution in [2.75, 3.05) is 23.9 Å². The molecule has 0 aliphatic rings. The molecule has 2 rings (SSSR count). The molecule has 132 valence electrons. The molecule has 0 saturated heterocycles. The quantitative estimate of drug-likeness (QED) is 0.816. The smallest absolute Gasteiger partial charge is 0.241 e. The minimum Gasteiger partial charge on any atom is -0.494 e. The second kappa shape index (κ2) is 7.83. The lowest BCUT2D eigenvalue weighted by Gasteiger charge is -2.28. The molecule has 0 aliphatic carbocycles. The zero-order valence-corrected chi connectivity index (χ0v) is 15.1. The number of nitrogens with one attached hydrogen (secondary N) is 1. The zero-order chi connectivity index (χ0) is 18.4. The van der Waals surface area contributed by atoms with E-state index in [0.29, 0.717) is 12.3 Å². The number of hydrogen-bond donors (Lipinski definition) is 1. The molecular formula is C20H24N2O3. The average molecular weight is 340 g/mol. The van der Waals surface area contributed by atoms with Crippen LogP contribution in [0.2, 0.25) is 0 Å². The minimum atomic E-state index is -1.21. The van der Waals surface area contributed by atoms with Gasteiger partial charge < -0.3 is 15.0 Å². The third kappa shape index (κ3) is 4.38. The summed E-state index contributed by atoms with van der Waals surface area (Å²) in [6, 6.07) is 16.3. The van der Waals surface area contributed by atoms with Crippen LogP contribution < -0.4 is 15.0 Å². The van der Waals surface area contributed by atoms with E-state index in [0.717, 1.165) is 11.4 Å². The second-order valence-electron chi connectivity index (χ2n) is 6.24. The Morgan fingerprint density at radius 1 is 1.04 bits per heavy atom.